The highest BCUT2D eigenvalue weighted by atomic mass is 35.5. The van der Waals surface area contributed by atoms with Crippen LogP contribution in [0, 0.1) is 29.6 Å². The summed E-state index contributed by atoms with van der Waals surface area (Å²) < 4.78 is 7.19. The maximum absolute atomic E-state index is 12.8. The third-order valence-electron chi connectivity index (χ3n) is 6.85. The molecule has 0 saturated heterocycles. The number of nitrogens with zero attached hydrogens (tertiary/aromatic N) is 3. The van der Waals surface area contributed by atoms with E-state index < -0.39 is 0 Å². The van der Waals surface area contributed by atoms with Gasteiger partial charge in [-0.1, -0.05) is 0 Å². The Hall–Kier alpha value is -1.82. The maximum atomic E-state index is 12.8. The van der Waals surface area contributed by atoms with Crippen molar-refractivity contribution in [3.8, 4) is 0 Å². The topological polar surface area (TPSA) is 68.5 Å². The Morgan fingerprint density at radius 3 is 2.77 bits per heavy atom. The van der Waals surface area contributed by atoms with Crippen LogP contribution in [-0.2, 0) is 9.53 Å². The number of esters is 1. The van der Waals surface area contributed by atoms with Crippen LogP contribution in [0.3, 0.4) is 0 Å². The fourth-order valence-corrected chi connectivity index (χ4v) is 5.95. The zero-order chi connectivity index (χ0) is 17.8. The first-order valence-electron chi connectivity index (χ1n) is 9.61. The molecule has 6 rings (SSSR count). The Labute approximate surface area is 157 Å². The third-order valence-corrected chi connectivity index (χ3v) is 7.01. The second-order valence-electron chi connectivity index (χ2n) is 7.83. The van der Waals surface area contributed by atoms with Crippen molar-refractivity contribution in [3.05, 3.63) is 23.6 Å². The Balaban J connectivity index is 1.52. The van der Waals surface area contributed by atoms with Crippen molar-refractivity contribution in [1.29, 1.82) is 0 Å². The lowest BCUT2D eigenvalue weighted by molar-refractivity contribution is -0.166. The van der Waals surface area contributed by atoms with Crippen LogP contribution in [0.4, 0.5) is 5.82 Å². The van der Waals surface area contributed by atoms with Crippen molar-refractivity contribution in [2.24, 2.45) is 29.6 Å². The van der Waals surface area contributed by atoms with Crippen LogP contribution >= 0.6 is 11.6 Å². The van der Waals surface area contributed by atoms with E-state index in [1.807, 2.05) is 25.3 Å². The van der Waals surface area contributed by atoms with Gasteiger partial charge in [0.15, 0.2) is 5.82 Å². The molecule has 4 saturated carbocycles. The number of anilines is 1. The van der Waals surface area contributed by atoms with E-state index in [2.05, 4.69) is 15.4 Å². The predicted octanol–water partition coefficient (Wildman–Crippen LogP) is 3.41. The van der Waals surface area contributed by atoms with E-state index in [9.17, 15) is 4.79 Å². The van der Waals surface area contributed by atoms with Crippen molar-refractivity contribution in [2.45, 2.75) is 38.6 Å². The number of aromatic nitrogens is 3. The molecule has 2 bridgehead atoms. The average Bonchev–Trinajstić information content (AvgIpc) is 3.03. The largest absolute Gasteiger partial charge is 0.466 e. The van der Waals surface area contributed by atoms with Gasteiger partial charge in [0, 0.05) is 12.2 Å². The number of fused-ring (bicyclic) bond motifs is 3. The number of ether oxygens (including phenoxy) is 1. The summed E-state index contributed by atoms with van der Waals surface area (Å²) in [5.74, 6) is 2.90. The van der Waals surface area contributed by atoms with Gasteiger partial charge < -0.3 is 10.1 Å². The number of carbonyl (C=O) groups is 1. The quantitative estimate of drug-likeness (QED) is 0.830. The minimum Gasteiger partial charge on any atom is -0.466 e. The Kier molecular flexibility index (Phi) is 3.85. The van der Waals surface area contributed by atoms with Gasteiger partial charge in [0.25, 0.3) is 0 Å². The molecule has 0 radical (unpaired) electrons. The standard InChI is InChI=1S/C19H23ClN4O2/c1-2-26-18(25)15-12-7-8-13(11-6-5-10(11)12)16(15)21-17-14-4-3-9-24(14)23-19(20)22-17/h3-4,9-13,15-16H,2,5-8H2,1H3,(H,21,22,23)/t10?,11?,12-,13+,15+,16+/m0/s1. The minimum absolute atomic E-state index is 0.0546. The molecule has 4 aliphatic rings. The van der Waals surface area contributed by atoms with Crippen molar-refractivity contribution in [2.75, 3.05) is 11.9 Å². The summed E-state index contributed by atoms with van der Waals surface area (Å²) in [5.41, 5.74) is 0.878. The van der Waals surface area contributed by atoms with E-state index in [1.54, 1.807) is 4.52 Å². The molecule has 2 aromatic heterocycles. The Morgan fingerprint density at radius 2 is 2.00 bits per heavy atom. The minimum atomic E-state index is -0.0981. The first kappa shape index (κ1) is 16.4. The zero-order valence-electron chi connectivity index (χ0n) is 14.8. The van der Waals surface area contributed by atoms with Gasteiger partial charge in [-0.15, -0.1) is 5.10 Å². The number of nitrogens with one attached hydrogen (secondary N) is 1. The van der Waals surface area contributed by atoms with E-state index >= 15 is 0 Å². The zero-order valence-corrected chi connectivity index (χ0v) is 15.5. The van der Waals surface area contributed by atoms with E-state index in [0.717, 1.165) is 17.9 Å². The molecule has 26 heavy (non-hydrogen) atoms. The van der Waals surface area contributed by atoms with E-state index in [0.29, 0.717) is 30.2 Å². The van der Waals surface area contributed by atoms with Gasteiger partial charge in [0.05, 0.1) is 12.5 Å². The summed E-state index contributed by atoms with van der Waals surface area (Å²) in [5, 5.41) is 8.00. The summed E-state index contributed by atoms with van der Waals surface area (Å²) in [6.07, 6.45) is 6.71. The SMILES string of the molecule is CCOC(=O)[C@H]1[C@H](Nc2nc(Cl)nn3cccc23)[C@@H]2CC[C@H]1C1CCC12. The first-order chi connectivity index (χ1) is 12.7. The van der Waals surface area contributed by atoms with Gasteiger partial charge in [-0.2, -0.15) is 4.98 Å². The van der Waals surface area contributed by atoms with E-state index in [4.69, 9.17) is 16.3 Å². The Bertz CT molecular complexity index is 853. The first-order valence-corrected chi connectivity index (χ1v) is 9.99. The third kappa shape index (κ3) is 2.34. The molecule has 7 heteroatoms. The normalized spacial score (nSPS) is 35.0. The summed E-state index contributed by atoms with van der Waals surface area (Å²) >= 11 is 6.11. The molecule has 4 aliphatic carbocycles. The second kappa shape index (κ2) is 6.12. The highest BCUT2D eigenvalue weighted by molar-refractivity contribution is 6.28. The lowest BCUT2D eigenvalue weighted by atomic mass is 9.46. The van der Waals surface area contributed by atoms with Gasteiger partial charge in [0.1, 0.15) is 5.52 Å². The molecular formula is C19H23ClN4O2. The van der Waals surface area contributed by atoms with Crippen LogP contribution in [0.1, 0.15) is 32.6 Å². The van der Waals surface area contributed by atoms with Gasteiger partial charge in [-0.3, -0.25) is 4.79 Å². The summed E-state index contributed by atoms with van der Waals surface area (Å²) in [6, 6.07) is 3.94. The van der Waals surface area contributed by atoms with Gasteiger partial charge in [-0.25, -0.2) is 4.52 Å². The molecule has 0 aliphatic heterocycles. The van der Waals surface area contributed by atoms with Crippen LogP contribution in [0.15, 0.2) is 18.3 Å². The van der Waals surface area contributed by atoms with Crippen LogP contribution in [0.2, 0.25) is 5.28 Å². The molecule has 2 unspecified atom stereocenters. The van der Waals surface area contributed by atoms with Crippen molar-refractivity contribution >= 4 is 28.9 Å². The molecule has 0 amide bonds. The van der Waals surface area contributed by atoms with Crippen LogP contribution in [0.5, 0.6) is 0 Å². The second-order valence-corrected chi connectivity index (χ2v) is 8.16. The summed E-state index contributed by atoms with van der Waals surface area (Å²) in [4.78, 5) is 17.2. The van der Waals surface area contributed by atoms with E-state index in [-0.39, 0.29) is 23.2 Å². The molecule has 6 nitrogen and oxygen atoms in total. The smallest absolute Gasteiger partial charge is 0.311 e. The molecule has 0 spiro atoms. The van der Waals surface area contributed by atoms with E-state index in [1.165, 1.54) is 19.3 Å². The monoisotopic (exact) mass is 374 g/mol. The summed E-state index contributed by atoms with van der Waals surface area (Å²) in [6.45, 7) is 2.30. The summed E-state index contributed by atoms with van der Waals surface area (Å²) in [7, 11) is 0. The molecule has 4 fully saturated rings. The molecule has 1 N–H and O–H groups in total. The van der Waals surface area contributed by atoms with Crippen molar-refractivity contribution in [1.82, 2.24) is 14.6 Å². The van der Waals surface area contributed by atoms with Crippen LogP contribution in [0.25, 0.3) is 5.52 Å². The lowest BCUT2D eigenvalue weighted by Gasteiger charge is -2.61. The van der Waals surface area contributed by atoms with Gasteiger partial charge in [0.2, 0.25) is 5.28 Å². The average molecular weight is 375 g/mol. The van der Waals surface area contributed by atoms with Crippen molar-refractivity contribution < 1.29 is 9.53 Å². The molecule has 2 aromatic rings. The van der Waals surface area contributed by atoms with Crippen LogP contribution < -0.4 is 5.32 Å². The number of halogens is 1. The Morgan fingerprint density at radius 1 is 1.27 bits per heavy atom. The molecule has 138 valence electrons. The van der Waals surface area contributed by atoms with Gasteiger partial charge in [-0.05, 0) is 80.0 Å². The predicted molar refractivity (Wildman–Crippen MR) is 98.0 cm³/mol. The fourth-order valence-electron chi connectivity index (χ4n) is 5.78. The number of hydrogen-bond acceptors (Lipinski definition) is 5. The van der Waals surface area contributed by atoms with Crippen LogP contribution in [-0.4, -0.2) is 33.2 Å². The maximum Gasteiger partial charge on any atom is 0.311 e. The fraction of sp³-hybridized carbons (Fsp3) is 0.632. The number of carbonyl (C=O) groups excluding carboxylic acids is 1. The number of rotatable bonds is 4. The molecule has 0 aromatic carbocycles. The highest BCUT2D eigenvalue weighted by Crippen LogP contribution is 2.60. The van der Waals surface area contributed by atoms with Crippen molar-refractivity contribution in [3.63, 3.8) is 0 Å². The van der Waals surface area contributed by atoms with Gasteiger partial charge >= 0.3 is 5.97 Å². The highest BCUT2D eigenvalue weighted by Gasteiger charge is 2.59. The molecule has 6 atom stereocenters. The molecule has 2 heterocycles. The molecular weight excluding hydrogens is 352 g/mol. The lowest BCUT2D eigenvalue weighted by Crippen LogP contribution is -2.62. The number of hydrogen-bond donors (Lipinski definition) is 1.